The van der Waals surface area contributed by atoms with Crippen LogP contribution in [0.25, 0.3) is 33.2 Å². The number of hydrogen-bond donors (Lipinski definition) is 1. The van der Waals surface area contributed by atoms with Crippen LogP contribution >= 0.6 is 12.2 Å². The Morgan fingerprint density at radius 1 is 1.03 bits per heavy atom. The molecule has 0 unspecified atom stereocenters. The molecule has 11 nitrogen and oxygen atoms in total. The molecule has 6 heterocycles. The van der Waals surface area contributed by atoms with Gasteiger partial charge < -0.3 is 14.5 Å². The van der Waals surface area contributed by atoms with Crippen molar-refractivity contribution in [3.63, 3.8) is 0 Å². The maximum Gasteiger partial charge on any atom is 0.329 e. The molecule has 0 atom stereocenters. The lowest BCUT2D eigenvalue weighted by Gasteiger charge is -2.36. The maximum atomic E-state index is 13.2. The molecule has 0 aliphatic carbocycles. The maximum absolute atomic E-state index is 13.2. The number of nitrogens with zero attached hydrogens (tertiary/aromatic N) is 7. The molecule has 202 valence electrons. The summed E-state index contributed by atoms with van der Waals surface area (Å²) in [6.07, 6.45) is 6.48. The molecule has 2 aliphatic heterocycles. The van der Waals surface area contributed by atoms with Gasteiger partial charge in [-0.2, -0.15) is 0 Å². The van der Waals surface area contributed by atoms with Crippen LogP contribution in [0.2, 0.25) is 0 Å². The van der Waals surface area contributed by atoms with Crippen molar-refractivity contribution in [1.29, 1.82) is 0 Å². The highest BCUT2D eigenvalue weighted by Gasteiger charge is 2.26. The van der Waals surface area contributed by atoms with Gasteiger partial charge in [0.1, 0.15) is 5.52 Å². The number of fused-ring (bicyclic) bond motifs is 3. The van der Waals surface area contributed by atoms with Crippen molar-refractivity contribution in [1.82, 2.24) is 34.4 Å². The van der Waals surface area contributed by atoms with Crippen LogP contribution in [0.1, 0.15) is 32.7 Å². The van der Waals surface area contributed by atoms with E-state index in [1.54, 1.807) is 17.0 Å². The summed E-state index contributed by atoms with van der Waals surface area (Å²) < 4.78 is 7.12. The zero-order chi connectivity index (χ0) is 27.1. The van der Waals surface area contributed by atoms with Crippen LogP contribution in [0.4, 0.5) is 5.95 Å². The van der Waals surface area contributed by atoms with E-state index < -0.39 is 11.2 Å². The molecule has 4 aromatic heterocycles. The minimum atomic E-state index is -0.468. The Hall–Kier alpha value is -3.77. The normalized spacial score (nSPS) is 16.9. The Labute approximate surface area is 229 Å². The van der Waals surface area contributed by atoms with Gasteiger partial charge in [-0.15, -0.1) is 0 Å². The predicted molar refractivity (Wildman–Crippen MR) is 153 cm³/mol. The van der Waals surface area contributed by atoms with Gasteiger partial charge in [-0.25, -0.2) is 19.7 Å². The second-order valence-electron chi connectivity index (χ2n) is 10.3. The Morgan fingerprint density at radius 3 is 2.44 bits per heavy atom. The number of ether oxygens (including phenoxy) is 1. The number of thiocarbonyl (C=S) groups is 1. The van der Waals surface area contributed by atoms with Crippen molar-refractivity contribution < 1.29 is 4.74 Å². The Bertz CT molecular complexity index is 1650. The molecule has 1 N–H and O–H groups in total. The van der Waals surface area contributed by atoms with Gasteiger partial charge in [-0.1, -0.05) is 26.1 Å². The van der Waals surface area contributed by atoms with Crippen molar-refractivity contribution in [2.24, 2.45) is 5.92 Å². The summed E-state index contributed by atoms with van der Waals surface area (Å²) in [5.74, 6) is 0.941. The molecule has 4 aromatic rings. The van der Waals surface area contributed by atoms with Crippen LogP contribution in [0.5, 0.6) is 0 Å². The third-order valence-corrected chi connectivity index (χ3v) is 8.20. The van der Waals surface area contributed by atoms with E-state index in [0.717, 1.165) is 49.6 Å². The molecule has 0 radical (unpaired) electrons. The second kappa shape index (κ2) is 10.4. The fourth-order valence-corrected chi connectivity index (χ4v) is 5.57. The topological polar surface area (TPSA) is 122 Å². The van der Waals surface area contributed by atoms with Crippen LogP contribution in [0, 0.1) is 5.92 Å². The minimum absolute atomic E-state index is 0.102. The number of morpholine rings is 1. The molecule has 0 spiro atoms. The second-order valence-corrected chi connectivity index (χ2v) is 10.7. The van der Waals surface area contributed by atoms with Gasteiger partial charge in [-0.05, 0) is 25.0 Å². The van der Waals surface area contributed by atoms with Gasteiger partial charge in [-0.3, -0.25) is 19.3 Å². The number of rotatable bonds is 4. The number of anilines is 1. The molecule has 2 aliphatic rings. The smallest absolute Gasteiger partial charge is 0.329 e. The van der Waals surface area contributed by atoms with Crippen LogP contribution < -0.4 is 16.1 Å². The first-order valence-corrected chi connectivity index (χ1v) is 13.7. The van der Waals surface area contributed by atoms with Crippen LogP contribution in [-0.2, 0) is 4.74 Å². The third kappa shape index (κ3) is 4.78. The van der Waals surface area contributed by atoms with Gasteiger partial charge in [0, 0.05) is 62.3 Å². The average Bonchev–Trinajstić information content (AvgIpc) is 2.97. The number of aromatic amines is 1. The van der Waals surface area contributed by atoms with Gasteiger partial charge in [0.05, 0.1) is 40.3 Å². The summed E-state index contributed by atoms with van der Waals surface area (Å²) in [5.41, 5.74) is 2.09. The minimum Gasteiger partial charge on any atom is -0.378 e. The summed E-state index contributed by atoms with van der Waals surface area (Å²) in [5, 5.41) is 0.339. The van der Waals surface area contributed by atoms with E-state index in [1.807, 2.05) is 12.1 Å². The summed E-state index contributed by atoms with van der Waals surface area (Å²) in [6.45, 7) is 8.50. The van der Waals surface area contributed by atoms with Gasteiger partial charge in [0.15, 0.2) is 0 Å². The zero-order valence-electron chi connectivity index (χ0n) is 22.0. The fraction of sp³-hybridized carbons (Fsp3) is 0.444. The number of piperidine rings is 1. The van der Waals surface area contributed by atoms with E-state index in [4.69, 9.17) is 21.9 Å². The Kier molecular flexibility index (Phi) is 6.81. The lowest BCUT2D eigenvalue weighted by molar-refractivity contribution is 0.122. The first-order chi connectivity index (χ1) is 18.9. The lowest BCUT2D eigenvalue weighted by Crippen LogP contribution is -2.43. The van der Waals surface area contributed by atoms with Gasteiger partial charge in [0.25, 0.3) is 5.56 Å². The number of pyridine rings is 2. The number of nitrogens with one attached hydrogen (secondary N) is 1. The number of H-pyrrole nitrogens is 1. The molecule has 2 saturated heterocycles. The molecule has 0 amide bonds. The van der Waals surface area contributed by atoms with E-state index in [0.29, 0.717) is 46.8 Å². The van der Waals surface area contributed by atoms with Crippen LogP contribution in [-0.4, -0.2) is 78.8 Å². The first kappa shape index (κ1) is 25.5. The quantitative estimate of drug-likeness (QED) is 0.302. The van der Waals surface area contributed by atoms with E-state index in [9.17, 15) is 9.59 Å². The van der Waals surface area contributed by atoms with Gasteiger partial charge >= 0.3 is 5.69 Å². The summed E-state index contributed by atoms with van der Waals surface area (Å²) in [4.78, 5) is 52.3. The van der Waals surface area contributed by atoms with Crippen molar-refractivity contribution >= 4 is 45.1 Å². The largest absolute Gasteiger partial charge is 0.378 e. The average molecular weight is 547 g/mol. The zero-order valence-corrected chi connectivity index (χ0v) is 22.8. The molecule has 0 aromatic carbocycles. The van der Waals surface area contributed by atoms with Crippen molar-refractivity contribution in [3.05, 3.63) is 51.6 Å². The van der Waals surface area contributed by atoms with Crippen molar-refractivity contribution in [2.45, 2.75) is 32.7 Å². The molecule has 2 fully saturated rings. The van der Waals surface area contributed by atoms with E-state index in [1.165, 1.54) is 6.20 Å². The Balaban J connectivity index is 1.41. The number of aromatic nitrogens is 6. The van der Waals surface area contributed by atoms with Crippen molar-refractivity contribution in [3.8, 4) is 11.3 Å². The molecule has 0 saturated carbocycles. The molecule has 6 rings (SSSR count). The standard InChI is InChI=1S/C27H30N8O3S/c1-16(2)25(39)33-7-5-18(6-8-33)35-23-19(24(36)32-27(35)37)15-28-21-4-3-20(31-22(21)23)17-13-29-26(30-14-17)34-9-11-38-12-10-34/h3-4,13-16,18H,5-12H2,1-2H3,(H,32,36,37). The van der Waals surface area contributed by atoms with E-state index in [2.05, 4.69) is 43.6 Å². The highest BCUT2D eigenvalue weighted by Crippen LogP contribution is 2.29. The monoisotopic (exact) mass is 546 g/mol. The van der Waals surface area contributed by atoms with Crippen LogP contribution in [0.15, 0.2) is 40.3 Å². The predicted octanol–water partition coefficient (Wildman–Crippen LogP) is 2.55. The molecular formula is C27H30N8O3S. The first-order valence-electron chi connectivity index (χ1n) is 13.3. The summed E-state index contributed by atoms with van der Waals surface area (Å²) >= 11 is 5.62. The van der Waals surface area contributed by atoms with E-state index in [-0.39, 0.29) is 12.0 Å². The van der Waals surface area contributed by atoms with Crippen molar-refractivity contribution in [2.75, 3.05) is 44.3 Å². The molecule has 39 heavy (non-hydrogen) atoms. The molecular weight excluding hydrogens is 516 g/mol. The third-order valence-electron chi connectivity index (χ3n) is 7.47. The number of likely N-dealkylation sites (tertiary alicyclic amines) is 1. The Morgan fingerprint density at radius 2 is 1.74 bits per heavy atom. The highest BCUT2D eigenvalue weighted by molar-refractivity contribution is 7.80. The summed E-state index contributed by atoms with van der Waals surface area (Å²) in [6, 6.07) is 3.61. The highest BCUT2D eigenvalue weighted by atomic mass is 32.1. The molecule has 0 bridgehead atoms. The van der Waals surface area contributed by atoms with E-state index >= 15 is 0 Å². The summed E-state index contributed by atoms with van der Waals surface area (Å²) in [7, 11) is 0. The fourth-order valence-electron chi connectivity index (χ4n) is 5.39. The number of hydrogen-bond acceptors (Lipinski definition) is 9. The lowest BCUT2D eigenvalue weighted by atomic mass is 10.0. The SMILES string of the molecule is CC(C)C(=S)N1CCC(n2c(=O)[nH]c(=O)c3cnc4ccc(-c5cnc(N6CCOCC6)nc5)nc4c32)CC1. The van der Waals surface area contributed by atoms with Crippen LogP contribution in [0.3, 0.4) is 0 Å². The molecule has 12 heteroatoms. The van der Waals surface area contributed by atoms with Gasteiger partial charge in [0.2, 0.25) is 5.95 Å².